The lowest BCUT2D eigenvalue weighted by molar-refractivity contribution is -0.139. The van der Waals surface area contributed by atoms with Crippen LogP contribution in [-0.4, -0.2) is 41.8 Å². The number of amides is 3. The quantitative estimate of drug-likeness (QED) is 0.535. The van der Waals surface area contributed by atoms with Crippen molar-refractivity contribution in [3.63, 3.8) is 0 Å². The summed E-state index contributed by atoms with van der Waals surface area (Å²) >= 11 is 0. The number of imide groups is 1. The Morgan fingerprint density at radius 2 is 1.90 bits per heavy atom. The first-order chi connectivity index (χ1) is 14.0. The molecule has 0 aromatic heterocycles. The van der Waals surface area contributed by atoms with E-state index in [4.69, 9.17) is 10.00 Å². The minimum absolute atomic E-state index is 0.113. The molecule has 3 amide bonds. The van der Waals surface area contributed by atoms with Gasteiger partial charge in [-0.2, -0.15) is 5.26 Å². The predicted octanol–water partition coefficient (Wildman–Crippen LogP) is 2.28. The Hall–Kier alpha value is -3.92. The van der Waals surface area contributed by atoms with Crippen LogP contribution in [0.5, 0.6) is 5.75 Å². The Kier molecular flexibility index (Phi) is 6.05. The third kappa shape index (κ3) is 4.33. The van der Waals surface area contributed by atoms with Crippen molar-refractivity contribution >= 4 is 23.4 Å². The maximum absolute atomic E-state index is 12.9. The van der Waals surface area contributed by atoms with Gasteiger partial charge in [0.15, 0.2) is 6.61 Å². The molecule has 1 aliphatic heterocycles. The first kappa shape index (κ1) is 19.8. The second kappa shape index (κ2) is 8.85. The van der Waals surface area contributed by atoms with E-state index in [9.17, 15) is 14.4 Å². The van der Waals surface area contributed by atoms with Gasteiger partial charge < -0.3 is 9.64 Å². The molecule has 1 unspecified atom stereocenters. The first-order valence-electron chi connectivity index (χ1n) is 9.00. The van der Waals surface area contributed by atoms with Crippen molar-refractivity contribution in [3.05, 3.63) is 72.8 Å². The summed E-state index contributed by atoms with van der Waals surface area (Å²) in [7, 11) is 0. The normalized spacial score (nSPS) is 15.7. The summed E-state index contributed by atoms with van der Waals surface area (Å²) in [6.07, 6.45) is 1.38. The molecule has 2 aromatic rings. The van der Waals surface area contributed by atoms with Crippen LogP contribution in [0.25, 0.3) is 0 Å². The van der Waals surface area contributed by atoms with Crippen LogP contribution in [0.1, 0.15) is 12.0 Å². The second-order valence-electron chi connectivity index (χ2n) is 6.38. The molecule has 1 atom stereocenters. The Labute approximate surface area is 168 Å². The summed E-state index contributed by atoms with van der Waals surface area (Å²) in [5.41, 5.74) is 0.791. The van der Waals surface area contributed by atoms with Crippen LogP contribution in [0.4, 0.5) is 5.69 Å². The topological polar surface area (TPSA) is 90.7 Å². The molecule has 0 aliphatic carbocycles. The molecule has 29 heavy (non-hydrogen) atoms. The van der Waals surface area contributed by atoms with Crippen molar-refractivity contribution in [2.24, 2.45) is 0 Å². The molecule has 7 nitrogen and oxygen atoms in total. The predicted molar refractivity (Wildman–Crippen MR) is 106 cm³/mol. The van der Waals surface area contributed by atoms with Gasteiger partial charge in [0.1, 0.15) is 11.8 Å². The Balaban J connectivity index is 1.75. The average molecular weight is 389 g/mol. The van der Waals surface area contributed by atoms with Gasteiger partial charge in [0, 0.05) is 6.54 Å². The fraction of sp³-hybridized carbons (Fsp3) is 0.182. The summed E-state index contributed by atoms with van der Waals surface area (Å²) in [5.74, 6) is -0.779. The number of carbonyl (C=O) groups excluding carboxylic acids is 3. The minimum Gasteiger partial charge on any atom is -0.484 e. The van der Waals surface area contributed by atoms with Crippen LogP contribution in [-0.2, 0) is 14.4 Å². The number of hydrogen-bond acceptors (Lipinski definition) is 5. The van der Waals surface area contributed by atoms with Gasteiger partial charge >= 0.3 is 0 Å². The zero-order valence-corrected chi connectivity index (χ0v) is 15.7. The van der Waals surface area contributed by atoms with Gasteiger partial charge in [-0.25, -0.2) is 4.90 Å². The zero-order chi connectivity index (χ0) is 20.8. The number of nitrogens with zero attached hydrogens (tertiary/aromatic N) is 3. The maximum Gasteiger partial charge on any atom is 0.261 e. The highest BCUT2D eigenvalue weighted by Gasteiger charge is 2.44. The fourth-order valence-corrected chi connectivity index (χ4v) is 3.10. The highest BCUT2D eigenvalue weighted by molar-refractivity contribution is 6.23. The number of hydrogen-bond donors (Lipinski definition) is 0. The van der Waals surface area contributed by atoms with Crippen molar-refractivity contribution in [1.29, 1.82) is 5.26 Å². The van der Waals surface area contributed by atoms with E-state index in [-0.39, 0.29) is 19.6 Å². The van der Waals surface area contributed by atoms with E-state index in [0.29, 0.717) is 17.0 Å². The van der Waals surface area contributed by atoms with Crippen molar-refractivity contribution < 1.29 is 19.1 Å². The van der Waals surface area contributed by atoms with Crippen LogP contribution >= 0.6 is 0 Å². The summed E-state index contributed by atoms with van der Waals surface area (Å²) in [6.45, 7) is 3.49. The molecule has 0 radical (unpaired) electrons. The fourth-order valence-electron chi connectivity index (χ4n) is 3.10. The summed E-state index contributed by atoms with van der Waals surface area (Å²) in [6, 6.07) is 16.1. The van der Waals surface area contributed by atoms with Gasteiger partial charge in [-0.3, -0.25) is 14.4 Å². The number of ether oxygens (including phenoxy) is 1. The lowest BCUT2D eigenvalue weighted by Gasteiger charge is -2.26. The molecule has 3 rings (SSSR count). The Morgan fingerprint density at radius 1 is 1.21 bits per heavy atom. The lowest BCUT2D eigenvalue weighted by Crippen LogP contribution is -2.47. The van der Waals surface area contributed by atoms with E-state index < -0.39 is 23.8 Å². The average Bonchev–Trinajstić information content (AvgIpc) is 3.04. The number of carbonyl (C=O) groups is 3. The third-order valence-corrected chi connectivity index (χ3v) is 4.51. The van der Waals surface area contributed by atoms with Gasteiger partial charge in [-0.15, -0.1) is 6.58 Å². The zero-order valence-electron chi connectivity index (χ0n) is 15.7. The van der Waals surface area contributed by atoms with Gasteiger partial charge in [-0.05, 0) is 36.4 Å². The van der Waals surface area contributed by atoms with Crippen molar-refractivity contribution in [1.82, 2.24) is 4.90 Å². The van der Waals surface area contributed by atoms with Crippen LogP contribution in [0.15, 0.2) is 67.3 Å². The molecular formula is C22H19N3O4. The van der Waals surface area contributed by atoms with Gasteiger partial charge in [0.25, 0.3) is 11.8 Å². The number of rotatable bonds is 7. The number of anilines is 1. The largest absolute Gasteiger partial charge is 0.484 e. The SMILES string of the molecule is C=CCN(C(=O)COc1ccccc1)C1CC(=O)N(c2ccc(C#N)cc2)C1=O. The molecule has 2 aromatic carbocycles. The first-order valence-corrected chi connectivity index (χ1v) is 9.00. The molecule has 0 saturated carbocycles. The van der Waals surface area contributed by atoms with Crippen LogP contribution in [0.2, 0.25) is 0 Å². The molecule has 0 N–H and O–H groups in total. The third-order valence-electron chi connectivity index (χ3n) is 4.51. The highest BCUT2D eigenvalue weighted by atomic mass is 16.5. The molecule has 0 bridgehead atoms. The summed E-state index contributed by atoms with van der Waals surface area (Å²) < 4.78 is 5.49. The van der Waals surface area contributed by atoms with Gasteiger partial charge in [0.05, 0.1) is 23.7 Å². The van der Waals surface area contributed by atoms with Crippen molar-refractivity contribution in [3.8, 4) is 11.8 Å². The van der Waals surface area contributed by atoms with Crippen molar-refractivity contribution in [2.45, 2.75) is 12.5 Å². The molecule has 1 saturated heterocycles. The van der Waals surface area contributed by atoms with E-state index in [1.807, 2.05) is 12.1 Å². The van der Waals surface area contributed by atoms with Gasteiger partial charge in [0.2, 0.25) is 5.91 Å². The molecule has 1 aliphatic rings. The molecular weight excluding hydrogens is 370 g/mol. The highest BCUT2D eigenvalue weighted by Crippen LogP contribution is 2.26. The Morgan fingerprint density at radius 3 is 2.52 bits per heavy atom. The van der Waals surface area contributed by atoms with Crippen LogP contribution < -0.4 is 9.64 Å². The smallest absolute Gasteiger partial charge is 0.261 e. The molecule has 7 heteroatoms. The molecule has 1 heterocycles. The van der Waals surface area contributed by atoms with Crippen LogP contribution in [0, 0.1) is 11.3 Å². The summed E-state index contributed by atoms with van der Waals surface area (Å²) in [5, 5.41) is 8.90. The Bertz CT molecular complexity index is 964. The second-order valence-corrected chi connectivity index (χ2v) is 6.38. The monoisotopic (exact) mass is 389 g/mol. The molecule has 1 fully saturated rings. The van der Waals surface area contributed by atoms with Gasteiger partial charge in [-0.1, -0.05) is 24.3 Å². The lowest BCUT2D eigenvalue weighted by atomic mass is 10.2. The van der Waals surface area contributed by atoms with Crippen LogP contribution in [0.3, 0.4) is 0 Å². The van der Waals surface area contributed by atoms with E-state index in [1.54, 1.807) is 24.3 Å². The maximum atomic E-state index is 12.9. The number of para-hydroxylation sites is 1. The van der Waals surface area contributed by atoms with E-state index in [0.717, 1.165) is 4.90 Å². The van der Waals surface area contributed by atoms with E-state index >= 15 is 0 Å². The standard InChI is InChI=1S/C22H19N3O4/c1-2-12-24(21(27)15-29-18-6-4-3-5-7-18)19-13-20(26)25(22(19)28)17-10-8-16(14-23)9-11-17/h2-11,19H,1,12-13,15H2. The number of benzene rings is 2. The summed E-state index contributed by atoms with van der Waals surface area (Å²) in [4.78, 5) is 40.5. The van der Waals surface area contributed by atoms with Crippen molar-refractivity contribution in [2.75, 3.05) is 18.1 Å². The number of nitriles is 1. The molecule has 0 spiro atoms. The minimum atomic E-state index is -0.928. The van der Waals surface area contributed by atoms with E-state index in [1.165, 1.54) is 35.2 Å². The van der Waals surface area contributed by atoms with E-state index in [2.05, 4.69) is 6.58 Å². The molecule has 146 valence electrons.